The highest BCUT2D eigenvalue weighted by Crippen LogP contribution is 2.63. The maximum Gasteiger partial charge on any atom is 0.457 e. The third kappa shape index (κ3) is 2.74. The summed E-state index contributed by atoms with van der Waals surface area (Å²) in [6, 6.07) is 0. The Hall–Kier alpha value is -1.58. The van der Waals surface area contributed by atoms with Crippen molar-refractivity contribution in [3.8, 4) is 0 Å². The van der Waals surface area contributed by atoms with Gasteiger partial charge in [-0.2, -0.15) is 57.1 Å². The minimum Gasteiger partial charge on any atom is -0.546 e. The molecule has 17 heteroatoms. The zero-order chi connectivity index (χ0) is 21.1. The van der Waals surface area contributed by atoms with Crippen molar-refractivity contribution in [1.29, 1.82) is 0 Å². The fourth-order valence-electron chi connectivity index (χ4n) is 1.47. The summed E-state index contributed by atoms with van der Waals surface area (Å²) in [5.74, 6) is -21.8. The van der Waals surface area contributed by atoms with Gasteiger partial charge in [0.15, 0.2) is 0 Å². The molecule has 0 radical (unpaired) electrons. The molecule has 0 aromatic heterocycles. The fourth-order valence-corrected chi connectivity index (χ4v) is 1.47. The van der Waals surface area contributed by atoms with E-state index in [-0.39, 0.29) is 0 Å². The van der Waals surface area contributed by atoms with Gasteiger partial charge < -0.3 is 9.90 Å². The summed E-state index contributed by atoms with van der Waals surface area (Å²) in [5.41, 5.74) is -16.9. The number of rotatable bonds is 4. The molecule has 0 aliphatic carbocycles. The van der Waals surface area contributed by atoms with Gasteiger partial charge in [-0.05, 0) is 0 Å². The Morgan fingerprint density at radius 1 is 0.520 bits per heavy atom. The average molecular weight is 413 g/mol. The Balaban J connectivity index is 7.32. The summed E-state index contributed by atoms with van der Waals surface area (Å²) < 4.78 is 187. The van der Waals surface area contributed by atoms with Gasteiger partial charge in [0, 0.05) is 0 Å². The third-order valence-electron chi connectivity index (χ3n) is 2.72. The van der Waals surface area contributed by atoms with E-state index in [0.29, 0.717) is 0 Å². The molecule has 2 unspecified atom stereocenters. The van der Waals surface area contributed by atoms with Crippen LogP contribution in [0.15, 0.2) is 0 Å². The number of carbonyl (C=O) groups excluding carboxylic acids is 1. The van der Waals surface area contributed by atoms with E-state index in [1.165, 1.54) is 0 Å². The van der Waals surface area contributed by atoms with Crippen molar-refractivity contribution in [2.75, 3.05) is 0 Å². The van der Waals surface area contributed by atoms with E-state index in [0.717, 1.165) is 0 Å². The summed E-state index contributed by atoms with van der Waals surface area (Å²) in [5, 5.41) is 10.1. The average Bonchev–Trinajstić information content (AvgIpc) is 2.31. The van der Waals surface area contributed by atoms with Crippen molar-refractivity contribution < 1.29 is 75.8 Å². The molecule has 0 saturated carbocycles. The quantitative estimate of drug-likeness (QED) is 0.665. The molecule has 0 N–H and O–H groups in total. The van der Waals surface area contributed by atoms with Gasteiger partial charge in [0.2, 0.25) is 0 Å². The highest BCUT2D eigenvalue weighted by molar-refractivity contribution is 5.80. The highest BCUT2D eigenvalue weighted by atomic mass is 19.4. The van der Waals surface area contributed by atoms with Gasteiger partial charge >= 0.3 is 36.0 Å². The topological polar surface area (TPSA) is 40.1 Å². The number of hydrogen-bond acceptors (Lipinski definition) is 2. The van der Waals surface area contributed by atoms with E-state index in [4.69, 9.17) is 0 Å². The Morgan fingerprint density at radius 2 is 0.800 bits per heavy atom. The van der Waals surface area contributed by atoms with Gasteiger partial charge in [-0.1, -0.05) is 0 Å². The molecule has 2 nitrogen and oxygen atoms in total. The first-order chi connectivity index (χ1) is 10.4. The standard InChI is InChI=1S/C8HF15O2/c9-2(1(24)25,4(11,12)7(18,19)20)3(10,6(15,16)17)5(13,14)8(21,22)23/h(H,24,25)/p-1. The van der Waals surface area contributed by atoms with Gasteiger partial charge in [0.05, 0.1) is 5.97 Å². The normalized spacial score (nSPS) is 20.0. The lowest BCUT2D eigenvalue weighted by Gasteiger charge is -2.47. The number of carboxylic acids is 1. The second-order valence-electron chi connectivity index (χ2n) is 4.25. The van der Waals surface area contributed by atoms with Crippen LogP contribution in [0, 0.1) is 0 Å². The lowest BCUT2D eigenvalue weighted by Crippen LogP contribution is -2.82. The highest BCUT2D eigenvalue weighted by Gasteiger charge is 2.96. The molecular weight excluding hydrogens is 413 g/mol. The first kappa shape index (κ1) is 23.4. The number of carbonyl (C=O) groups is 1. The molecule has 0 aliphatic heterocycles. The van der Waals surface area contributed by atoms with Crippen molar-refractivity contribution in [2.24, 2.45) is 0 Å². The summed E-state index contributed by atoms with van der Waals surface area (Å²) in [7, 11) is 0. The van der Waals surface area contributed by atoms with Crippen molar-refractivity contribution in [1.82, 2.24) is 0 Å². The number of halogens is 15. The molecule has 0 rings (SSSR count). The number of carboxylic acid groups (broad SMARTS) is 1. The molecule has 0 aromatic carbocycles. The fraction of sp³-hybridized carbons (Fsp3) is 0.875. The van der Waals surface area contributed by atoms with Crippen molar-refractivity contribution in [3.63, 3.8) is 0 Å². The van der Waals surface area contributed by atoms with E-state index in [1.807, 2.05) is 0 Å². The first-order valence-electron chi connectivity index (χ1n) is 4.99. The zero-order valence-electron chi connectivity index (χ0n) is 10.5. The van der Waals surface area contributed by atoms with Crippen LogP contribution < -0.4 is 5.11 Å². The Morgan fingerprint density at radius 3 is 0.960 bits per heavy atom. The predicted molar refractivity (Wildman–Crippen MR) is 40.7 cm³/mol. The first-order valence-corrected chi connectivity index (χ1v) is 4.99. The Labute approximate surface area is 125 Å². The van der Waals surface area contributed by atoms with Crippen LogP contribution in [0.25, 0.3) is 0 Å². The SMILES string of the molecule is O=C([O-])C(F)(C(F)(F)C(F)(F)F)C(F)(C(F)(F)F)C(F)(F)C(F)(F)F. The summed E-state index contributed by atoms with van der Waals surface area (Å²) in [6.07, 6.45) is -24.0. The lowest BCUT2D eigenvalue weighted by atomic mass is 9.75. The van der Waals surface area contributed by atoms with Crippen LogP contribution in [-0.2, 0) is 4.79 Å². The van der Waals surface area contributed by atoms with Gasteiger partial charge in [0.25, 0.3) is 5.67 Å². The second-order valence-corrected chi connectivity index (χ2v) is 4.25. The second kappa shape index (κ2) is 5.46. The van der Waals surface area contributed by atoms with Gasteiger partial charge in [-0.15, -0.1) is 0 Å². The molecule has 150 valence electrons. The van der Waals surface area contributed by atoms with E-state index < -0.39 is 47.7 Å². The van der Waals surface area contributed by atoms with E-state index in [1.54, 1.807) is 0 Å². The molecule has 0 fully saturated rings. The molecule has 0 aromatic rings. The van der Waals surface area contributed by atoms with Gasteiger partial charge in [-0.25, -0.2) is 8.78 Å². The molecule has 0 spiro atoms. The van der Waals surface area contributed by atoms with Crippen LogP contribution in [0.3, 0.4) is 0 Å². The smallest absolute Gasteiger partial charge is 0.457 e. The minimum atomic E-state index is -8.62. The predicted octanol–water partition coefficient (Wildman–Crippen LogP) is 3.11. The van der Waals surface area contributed by atoms with Crippen LogP contribution in [0.4, 0.5) is 65.9 Å². The van der Waals surface area contributed by atoms with Crippen LogP contribution in [0.1, 0.15) is 0 Å². The molecule has 0 amide bonds. The van der Waals surface area contributed by atoms with Crippen LogP contribution >= 0.6 is 0 Å². The molecular formula is C8F15O2-. The number of aliphatic carboxylic acids is 1. The molecule has 0 saturated heterocycles. The third-order valence-corrected chi connectivity index (χ3v) is 2.72. The molecule has 2 atom stereocenters. The largest absolute Gasteiger partial charge is 0.546 e. The Bertz CT molecular complexity index is 527. The zero-order valence-corrected chi connectivity index (χ0v) is 10.5. The lowest BCUT2D eigenvalue weighted by molar-refractivity contribution is -0.452. The summed E-state index contributed by atoms with van der Waals surface area (Å²) in [4.78, 5) is 10.1. The van der Waals surface area contributed by atoms with E-state index >= 15 is 0 Å². The number of hydrogen-bond donors (Lipinski definition) is 0. The molecule has 0 heterocycles. The maximum absolute atomic E-state index is 13.6. The van der Waals surface area contributed by atoms with E-state index in [2.05, 4.69) is 0 Å². The van der Waals surface area contributed by atoms with Crippen LogP contribution in [0.5, 0.6) is 0 Å². The van der Waals surface area contributed by atoms with E-state index in [9.17, 15) is 75.8 Å². The maximum atomic E-state index is 13.6. The van der Waals surface area contributed by atoms with Crippen LogP contribution in [-0.4, -0.2) is 47.7 Å². The van der Waals surface area contributed by atoms with Gasteiger partial charge in [-0.3, -0.25) is 0 Å². The van der Waals surface area contributed by atoms with Crippen molar-refractivity contribution >= 4 is 5.97 Å². The monoisotopic (exact) mass is 413 g/mol. The Kier molecular flexibility index (Phi) is 5.11. The van der Waals surface area contributed by atoms with Crippen molar-refractivity contribution in [2.45, 2.75) is 41.7 Å². The molecule has 0 aliphatic rings. The minimum absolute atomic E-state index is 5.15. The number of alkyl halides is 15. The van der Waals surface area contributed by atoms with Crippen molar-refractivity contribution in [3.05, 3.63) is 0 Å². The molecule has 25 heavy (non-hydrogen) atoms. The van der Waals surface area contributed by atoms with Crippen LogP contribution in [0.2, 0.25) is 0 Å². The summed E-state index contributed by atoms with van der Waals surface area (Å²) in [6.45, 7) is 0. The molecule has 0 bridgehead atoms. The summed E-state index contributed by atoms with van der Waals surface area (Å²) >= 11 is 0. The van der Waals surface area contributed by atoms with Gasteiger partial charge in [0.1, 0.15) is 0 Å².